The number of fused-ring (bicyclic) bond motifs is 1. The van der Waals surface area contributed by atoms with Crippen molar-refractivity contribution >= 4 is 27.5 Å². The van der Waals surface area contributed by atoms with Crippen molar-refractivity contribution in [1.82, 2.24) is 19.9 Å². The predicted molar refractivity (Wildman–Crippen MR) is 107 cm³/mol. The van der Waals surface area contributed by atoms with Gasteiger partial charge in [0.25, 0.3) is 0 Å². The van der Waals surface area contributed by atoms with E-state index in [1.807, 2.05) is 13.8 Å². The van der Waals surface area contributed by atoms with Crippen LogP contribution in [-0.4, -0.2) is 32.6 Å². The first-order chi connectivity index (χ1) is 13.8. The smallest absolute Gasteiger partial charge is 0.308 e. The van der Waals surface area contributed by atoms with Crippen LogP contribution in [0.1, 0.15) is 27.7 Å². The second-order valence-corrected chi connectivity index (χ2v) is 7.41. The molecule has 0 saturated carbocycles. The molecule has 2 atom stereocenters. The highest BCUT2D eigenvalue weighted by Gasteiger charge is 2.17. The minimum atomic E-state index is -0.614. The van der Waals surface area contributed by atoms with Gasteiger partial charge in [0.2, 0.25) is 17.7 Å². The summed E-state index contributed by atoms with van der Waals surface area (Å²) in [6.45, 7) is 7.33. The van der Waals surface area contributed by atoms with Crippen LogP contribution in [0, 0.1) is 5.82 Å². The average Bonchev–Trinajstić information content (AvgIpc) is 3.01. The number of thiazole rings is 1. The molecule has 0 aliphatic heterocycles. The van der Waals surface area contributed by atoms with E-state index < -0.39 is 5.82 Å². The Morgan fingerprint density at radius 3 is 2.59 bits per heavy atom. The molecule has 3 rings (SSSR count). The molecule has 0 aliphatic rings. The maximum atomic E-state index is 14.8. The molecule has 0 fully saturated rings. The fourth-order valence-corrected chi connectivity index (χ4v) is 3.70. The average molecular weight is 420 g/mol. The van der Waals surface area contributed by atoms with E-state index in [-0.39, 0.29) is 45.1 Å². The van der Waals surface area contributed by atoms with E-state index in [1.165, 1.54) is 30.0 Å². The van der Waals surface area contributed by atoms with Crippen molar-refractivity contribution in [3.63, 3.8) is 0 Å². The Bertz CT molecular complexity index is 1080. The Labute approximate surface area is 170 Å². The van der Waals surface area contributed by atoms with Crippen LogP contribution in [-0.2, 0) is 11.3 Å². The molecule has 0 radical (unpaired) electrons. The monoisotopic (exact) mass is 420 g/mol. The molecule has 8 nitrogen and oxygen atoms in total. The van der Waals surface area contributed by atoms with Crippen molar-refractivity contribution < 1.29 is 18.7 Å². The van der Waals surface area contributed by atoms with Crippen molar-refractivity contribution in [2.75, 3.05) is 0 Å². The van der Waals surface area contributed by atoms with Gasteiger partial charge >= 0.3 is 4.87 Å². The molecular formula is C19H21FN4O4S. The highest BCUT2D eigenvalue weighted by Crippen LogP contribution is 2.31. The number of hydrogen-bond acceptors (Lipinski definition) is 7. The Morgan fingerprint density at radius 2 is 1.97 bits per heavy atom. The first-order valence-corrected chi connectivity index (χ1v) is 9.87. The molecule has 0 aliphatic carbocycles. The summed E-state index contributed by atoms with van der Waals surface area (Å²) in [5, 5.41) is 2.74. The molecule has 3 aromatic rings. The zero-order chi connectivity index (χ0) is 21.1. The van der Waals surface area contributed by atoms with Crippen LogP contribution in [0.25, 0.3) is 10.2 Å². The fourth-order valence-electron chi connectivity index (χ4n) is 2.72. The maximum Gasteiger partial charge on any atom is 0.308 e. The first-order valence-electron chi connectivity index (χ1n) is 9.05. The first kappa shape index (κ1) is 20.7. The maximum absolute atomic E-state index is 14.8. The molecule has 29 heavy (non-hydrogen) atoms. The number of rotatable bonds is 7. The normalized spacial score (nSPS) is 13.1. The van der Waals surface area contributed by atoms with E-state index in [9.17, 15) is 14.0 Å². The molecule has 0 spiro atoms. The van der Waals surface area contributed by atoms with Crippen LogP contribution in [0.2, 0.25) is 0 Å². The molecule has 10 heteroatoms. The van der Waals surface area contributed by atoms with Crippen molar-refractivity contribution in [3.8, 4) is 17.5 Å². The van der Waals surface area contributed by atoms with Gasteiger partial charge in [-0.15, -0.1) is 0 Å². The number of aromatic nitrogens is 3. The lowest BCUT2D eigenvalue weighted by Crippen LogP contribution is -2.41. The number of carbonyl (C=O) groups is 1. The summed E-state index contributed by atoms with van der Waals surface area (Å²) in [6.07, 6.45) is 2.34. The second kappa shape index (κ2) is 8.56. The van der Waals surface area contributed by atoms with E-state index in [2.05, 4.69) is 15.3 Å². The van der Waals surface area contributed by atoms with Crippen molar-refractivity contribution in [2.24, 2.45) is 0 Å². The third-order valence-electron chi connectivity index (χ3n) is 4.32. The summed E-state index contributed by atoms with van der Waals surface area (Å²) in [5.41, 5.74) is 0.532. The Morgan fingerprint density at radius 1 is 1.28 bits per heavy atom. The number of hydrogen-bond donors (Lipinski definition) is 1. The number of aryl methyl sites for hydroxylation is 1. The van der Waals surface area contributed by atoms with E-state index >= 15 is 0 Å². The Hall–Kier alpha value is -3.01. The van der Waals surface area contributed by atoms with Crippen molar-refractivity contribution in [3.05, 3.63) is 40.0 Å². The second-order valence-electron chi connectivity index (χ2n) is 6.45. The van der Waals surface area contributed by atoms with Crippen molar-refractivity contribution in [1.29, 1.82) is 0 Å². The molecule has 154 valence electrons. The van der Waals surface area contributed by atoms with Crippen LogP contribution in [0.3, 0.4) is 0 Å². The van der Waals surface area contributed by atoms with Gasteiger partial charge in [-0.1, -0.05) is 11.3 Å². The third-order valence-corrected chi connectivity index (χ3v) is 5.31. The largest absolute Gasteiger partial charge is 0.471 e. The topological polar surface area (TPSA) is 95.3 Å². The lowest BCUT2D eigenvalue weighted by Gasteiger charge is -2.21. The Kier molecular flexibility index (Phi) is 6.12. The van der Waals surface area contributed by atoms with Crippen molar-refractivity contribution in [2.45, 2.75) is 46.4 Å². The summed E-state index contributed by atoms with van der Waals surface area (Å²) >= 11 is 0.837. The number of carbonyl (C=O) groups excluding carboxylic acids is 1. The molecule has 0 bridgehead atoms. The van der Waals surface area contributed by atoms with Crippen LogP contribution in [0.5, 0.6) is 17.5 Å². The van der Waals surface area contributed by atoms with Gasteiger partial charge in [0.1, 0.15) is 6.10 Å². The van der Waals surface area contributed by atoms with E-state index in [0.29, 0.717) is 12.1 Å². The standard InChI is InChI=1S/C19H21FN4O4S/c1-5-24-13-6-7-14(17(20)18(13)29-19(24)26)28-16-9-21-15(8-22-16)27-11(3)10(2)23-12(4)25/h6-11H,5H2,1-4H3,(H,23,25)/t10-,11-/m0/s1. The van der Waals surface area contributed by atoms with Gasteiger partial charge in [-0.25, -0.2) is 14.4 Å². The molecule has 0 saturated heterocycles. The molecule has 1 aromatic carbocycles. The van der Waals surface area contributed by atoms with Gasteiger partial charge in [-0.3, -0.25) is 14.2 Å². The zero-order valence-electron chi connectivity index (χ0n) is 16.4. The highest BCUT2D eigenvalue weighted by atomic mass is 32.1. The van der Waals surface area contributed by atoms with Gasteiger partial charge in [-0.05, 0) is 32.9 Å². The van der Waals surface area contributed by atoms with Gasteiger partial charge in [0.15, 0.2) is 11.6 Å². The van der Waals surface area contributed by atoms with Gasteiger partial charge in [0, 0.05) is 13.5 Å². The van der Waals surface area contributed by atoms with Gasteiger partial charge in [0.05, 0.1) is 28.7 Å². The van der Waals surface area contributed by atoms with Crippen LogP contribution >= 0.6 is 11.3 Å². The third kappa shape index (κ3) is 4.53. The summed E-state index contributed by atoms with van der Waals surface area (Å²) < 4.78 is 27.6. The lowest BCUT2D eigenvalue weighted by atomic mass is 10.2. The van der Waals surface area contributed by atoms with Gasteiger partial charge in [-0.2, -0.15) is 0 Å². The lowest BCUT2D eigenvalue weighted by molar-refractivity contribution is -0.120. The quantitative estimate of drug-likeness (QED) is 0.631. The summed E-state index contributed by atoms with van der Waals surface area (Å²) in [5.74, 6) is -0.480. The molecule has 1 N–H and O–H groups in total. The minimum absolute atomic E-state index is 0.0439. The molecular weight excluding hydrogens is 399 g/mol. The number of nitrogens with one attached hydrogen (secondary N) is 1. The zero-order valence-corrected chi connectivity index (χ0v) is 17.2. The molecule has 0 unspecified atom stereocenters. The van der Waals surface area contributed by atoms with Crippen LogP contribution in [0.4, 0.5) is 4.39 Å². The number of nitrogens with zero attached hydrogens (tertiary/aromatic N) is 3. The predicted octanol–water partition coefficient (Wildman–Crippen LogP) is 3.10. The summed E-state index contributed by atoms with van der Waals surface area (Å²) in [7, 11) is 0. The van der Waals surface area contributed by atoms with Gasteiger partial charge < -0.3 is 14.8 Å². The van der Waals surface area contributed by atoms with E-state index in [4.69, 9.17) is 9.47 Å². The summed E-state index contributed by atoms with van der Waals surface area (Å²) in [6, 6.07) is 2.89. The number of amides is 1. The molecule has 2 heterocycles. The molecule has 2 aromatic heterocycles. The molecule has 1 amide bonds. The minimum Gasteiger partial charge on any atom is -0.471 e. The van der Waals surface area contributed by atoms with Crippen LogP contribution in [0.15, 0.2) is 29.3 Å². The Balaban J connectivity index is 1.74. The van der Waals surface area contributed by atoms with E-state index in [0.717, 1.165) is 11.3 Å². The number of benzene rings is 1. The van der Waals surface area contributed by atoms with E-state index in [1.54, 1.807) is 13.0 Å². The van der Waals surface area contributed by atoms with Crippen LogP contribution < -0.4 is 19.7 Å². The SMILES string of the molecule is CCn1c(=O)sc2c(F)c(Oc3cnc(O[C@@H](C)[C@H](C)NC(C)=O)cn3)ccc21. The summed E-state index contributed by atoms with van der Waals surface area (Å²) in [4.78, 5) is 31.0. The highest BCUT2D eigenvalue weighted by molar-refractivity contribution is 7.16. The number of halogens is 1. The fraction of sp³-hybridized carbons (Fsp3) is 0.368. The number of ether oxygens (including phenoxy) is 2.